The zero-order valence-corrected chi connectivity index (χ0v) is 11.0. The molecule has 0 amide bonds. The fourth-order valence-corrected chi connectivity index (χ4v) is 2.19. The summed E-state index contributed by atoms with van der Waals surface area (Å²) in [6, 6.07) is 9.92. The largest absolute Gasteiger partial charge is 0.301 e. The topological polar surface area (TPSA) is 30.7 Å². The predicted molar refractivity (Wildman–Crippen MR) is 71.6 cm³/mol. The molecule has 0 bridgehead atoms. The van der Waals surface area contributed by atoms with Crippen molar-refractivity contribution in [2.75, 3.05) is 0 Å². The van der Waals surface area contributed by atoms with Crippen molar-refractivity contribution in [2.45, 2.75) is 0 Å². The van der Waals surface area contributed by atoms with Crippen LogP contribution in [0.25, 0.3) is 16.7 Å². The number of nitrogens with zero attached hydrogens (tertiary/aromatic N) is 3. The van der Waals surface area contributed by atoms with Crippen molar-refractivity contribution in [1.82, 2.24) is 14.5 Å². The summed E-state index contributed by atoms with van der Waals surface area (Å²) in [5.74, 6) is 0. The van der Waals surface area contributed by atoms with Gasteiger partial charge < -0.3 is 4.57 Å². The first kappa shape index (κ1) is 10.7. The van der Waals surface area contributed by atoms with Crippen LogP contribution >= 0.6 is 27.5 Å². The van der Waals surface area contributed by atoms with Gasteiger partial charge in [0.05, 0.1) is 5.39 Å². The van der Waals surface area contributed by atoms with Gasteiger partial charge in [-0.3, -0.25) is 0 Å². The summed E-state index contributed by atoms with van der Waals surface area (Å²) in [5, 5.41) is 1.34. The molecule has 0 unspecified atom stereocenters. The van der Waals surface area contributed by atoms with E-state index < -0.39 is 0 Å². The maximum atomic E-state index is 6.01. The van der Waals surface area contributed by atoms with Crippen molar-refractivity contribution in [2.24, 2.45) is 0 Å². The highest BCUT2D eigenvalue weighted by molar-refractivity contribution is 9.10. The third-order valence-electron chi connectivity index (χ3n) is 2.54. The summed E-state index contributed by atoms with van der Waals surface area (Å²) in [4.78, 5) is 8.22. The Morgan fingerprint density at radius 1 is 1.06 bits per heavy atom. The third kappa shape index (κ3) is 1.83. The van der Waals surface area contributed by atoms with E-state index >= 15 is 0 Å². The number of fused-ring (bicyclic) bond motifs is 1. The molecule has 1 aromatic carbocycles. The van der Waals surface area contributed by atoms with Gasteiger partial charge in [-0.1, -0.05) is 27.5 Å². The fraction of sp³-hybridized carbons (Fsp3) is 0. The van der Waals surface area contributed by atoms with Crippen LogP contribution in [0.4, 0.5) is 0 Å². The van der Waals surface area contributed by atoms with Crippen molar-refractivity contribution in [1.29, 1.82) is 0 Å². The Morgan fingerprint density at radius 3 is 2.59 bits per heavy atom. The minimum Gasteiger partial charge on any atom is -0.301 e. The van der Waals surface area contributed by atoms with Crippen LogP contribution in [0.5, 0.6) is 0 Å². The molecule has 3 aromatic rings. The molecule has 0 saturated heterocycles. The summed E-state index contributed by atoms with van der Waals surface area (Å²) < 4.78 is 3.03. The highest BCUT2D eigenvalue weighted by atomic mass is 79.9. The number of hydrogen-bond donors (Lipinski definition) is 0. The van der Waals surface area contributed by atoms with E-state index in [-0.39, 0.29) is 0 Å². The number of rotatable bonds is 1. The fourth-order valence-electron chi connectivity index (χ4n) is 1.73. The SMILES string of the molecule is Clc1ncnc2c1ccn2-c1ccc(Br)cc1. The molecule has 0 saturated carbocycles. The van der Waals surface area contributed by atoms with E-state index in [0.717, 1.165) is 21.2 Å². The summed E-state index contributed by atoms with van der Waals surface area (Å²) in [6.45, 7) is 0. The number of benzene rings is 1. The van der Waals surface area contributed by atoms with Gasteiger partial charge in [-0.25, -0.2) is 9.97 Å². The molecule has 2 heterocycles. The lowest BCUT2D eigenvalue weighted by atomic mass is 10.3. The van der Waals surface area contributed by atoms with Crippen LogP contribution < -0.4 is 0 Å². The molecule has 2 aromatic heterocycles. The maximum Gasteiger partial charge on any atom is 0.149 e. The van der Waals surface area contributed by atoms with Gasteiger partial charge in [0.25, 0.3) is 0 Å². The molecule has 0 aliphatic carbocycles. The Bertz CT molecular complexity index is 676. The second-order valence-corrected chi connectivity index (χ2v) is 4.84. The van der Waals surface area contributed by atoms with E-state index in [0.29, 0.717) is 5.15 Å². The average molecular weight is 309 g/mol. The lowest BCUT2D eigenvalue weighted by Crippen LogP contribution is -1.93. The summed E-state index contributed by atoms with van der Waals surface area (Å²) >= 11 is 9.43. The van der Waals surface area contributed by atoms with Gasteiger partial charge in [0, 0.05) is 16.4 Å². The van der Waals surface area contributed by atoms with E-state index in [1.807, 2.05) is 41.1 Å². The lowest BCUT2D eigenvalue weighted by Gasteiger charge is -2.04. The van der Waals surface area contributed by atoms with Crippen LogP contribution in [0, 0.1) is 0 Å². The van der Waals surface area contributed by atoms with Crippen LogP contribution in [0.2, 0.25) is 5.15 Å². The molecule has 0 fully saturated rings. The monoisotopic (exact) mass is 307 g/mol. The Morgan fingerprint density at radius 2 is 1.82 bits per heavy atom. The van der Waals surface area contributed by atoms with Gasteiger partial charge in [0.1, 0.15) is 17.1 Å². The first-order valence-corrected chi connectivity index (χ1v) is 6.16. The summed E-state index contributed by atoms with van der Waals surface area (Å²) in [5.41, 5.74) is 1.85. The van der Waals surface area contributed by atoms with Crippen LogP contribution in [0.15, 0.2) is 47.3 Å². The molecule has 0 atom stereocenters. The molecule has 0 aliphatic heterocycles. The van der Waals surface area contributed by atoms with Crippen LogP contribution in [0.1, 0.15) is 0 Å². The molecule has 17 heavy (non-hydrogen) atoms. The molecule has 3 rings (SSSR count). The van der Waals surface area contributed by atoms with Crippen LogP contribution in [0.3, 0.4) is 0 Å². The minimum absolute atomic E-state index is 0.478. The van der Waals surface area contributed by atoms with E-state index in [1.165, 1.54) is 6.33 Å². The first-order chi connectivity index (χ1) is 8.25. The summed E-state index contributed by atoms with van der Waals surface area (Å²) in [7, 11) is 0. The molecule has 0 aliphatic rings. The van der Waals surface area contributed by atoms with E-state index in [1.54, 1.807) is 0 Å². The van der Waals surface area contributed by atoms with Gasteiger partial charge in [-0.15, -0.1) is 0 Å². The average Bonchev–Trinajstić information content (AvgIpc) is 2.75. The van der Waals surface area contributed by atoms with Gasteiger partial charge in [-0.2, -0.15) is 0 Å². The standard InChI is InChI=1S/C12H7BrClN3/c13-8-1-3-9(4-2-8)17-6-5-10-11(14)15-7-16-12(10)17/h1-7H. The van der Waals surface area contributed by atoms with Crippen molar-refractivity contribution >= 4 is 38.6 Å². The Labute approximate surface area is 111 Å². The van der Waals surface area contributed by atoms with Gasteiger partial charge >= 0.3 is 0 Å². The second kappa shape index (κ2) is 4.13. The van der Waals surface area contributed by atoms with Crippen molar-refractivity contribution < 1.29 is 0 Å². The number of aromatic nitrogens is 3. The lowest BCUT2D eigenvalue weighted by molar-refractivity contribution is 1.07. The molecule has 3 nitrogen and oxygen atoms in total. The van der Waals surface area contributed by atoms with Gasteiger partial charge in [0.2, 0.25) is 0 Å². The second-order valence-electron chi connectivity index (χ2n) is 3.56. The number of halogens is 2. The van der Waals surface area contributed by atoms with Crippen molar-refractivity contribution in [3.63, 3.8) is 0 Å². The van der Waals surface area contributed by atoms with E-state index in [2.05, 4.69) is 25.9 Å². The van der Waals surface area contributed by atoms with E-state index in [4.69, 9.17) is 11.6 Å². The van der Waals surface area contributed by atoms with Crippen LogP contribution in [-0.4, -0.2) is 14.5 Å². The van der Waals surface area contributed by atoms with Crippen molar-refractivity contribution in [3.8, 4) is 5.69 Å². The molecule has 0 N–H and O–H groups in total. The zero-order valence-electron chi connectivity index (χ0n) is 8.64. The molecule has 0 spiro atoms. The zero-order chi connectivity index (χ0) is 11.8. The Hall–Kier alpha value is -1.39. The van der Waals surface area contributed by atoms with Gasteiger partial charge in [-0.05, 0) is 30.3 Å². The Kier molecular flexibility index (Phi) is 2.61. The van der Waals surface area contributed by atoms with Crippen LogP contribution in [-0.2, 0) is 0 Å². The highest BCUT2D eigenvalue weighted by Gasteiger charge is 2.07. The Balaban J connectivity index is 2.24. The quantitative estimate of drug-likeness (QED) is 0.640. The number of hydrogen-bond acceptors (Lipinski definition) is 2. The van der Waals surface area contributed by atoms with Crippen molar-refractivity contribution in [3.05, 3.63) is 52.5 Å². The smallest absolute Gasteiger partial charge is 0.149 e. The maximum absolute atomic E-state index is 6.01. The molecular formula is C12H7BrClN3. The molecule has 84 valence electrons. The highest BCUT2D eigenvalue weighted by Crippen LogP contribution is 2.23. The van der Waals surface area contributed by atoms with E-state index in [9.17, 15) is 0 Å². The summed E-state index contributed by atoms with van der Waals surface area (Å²) in [6.07, 6.45) is 3.41. The molecular weight excluding hydrogens is 302 g/mol. The first-order valence-electron chi connectivity index (χ1n) is 4.99. The molecule has 0 radical (unpaired) electrons. The normalized spacial score (nSPS) is 10.9. The van der Waals surface area contributed by atoms with Gasteiger partial charge in [0.15, 0.2) is 0 Å². The third-order valence-corrected chi connectivity index (χ3v) is 3.37. The predicted octanol–water partition coefficient (Wildman–Crippen LogP) is 3.84. The minimum atomic E-state index is 0.478. The molecule has 5 heteroatoms.